The van der Waals surface area contributed by atoms with Crippen LogP contribution in [0, 0.1) is 12.8 Å². The fourth-order valence-corrected chi connectivity index (χ4v) is 5.79. The zero-order chi connectivity index (χ0) is 28.2. The fraction of sp³-hybridized carbons (Fsp3) is 0.367. The number of aliphatic hydroxyl groups excluding tert-OH is 1. The molecule has 0 bridgehead atoms. The summed E-state index contributed by atoms with van der Waals surface area (Å²) in [6, 6.07) is 21.1. The molecule has 0 aromatic heterocycles. The van der Waals surface area contributed by atoms with Crippen LogP contribution in [0.4, 0.5) is 5.69 Å². The van der Waals surface area contributed by atoms with Crippen molar-refractivity contribution in [1.82, 2.24) is 9.80 Å². The lowest BCUT2D eigenvalue weighted by Gasteiger charge is -2.38. The van der Waals surface area contributed by atoms with Crippen LogP contribution in [0.5, 0.6) is 5.75 Å². The van der Waals surface area contributed by atoms with Crippen molar-refractivity contribution in [2.24, 2.45) is 5.92 Å². The third-order valence-corrected chi connectivity index (χ3v) is 8.44. The van der Waals surface area contributed by atoms with Gasteiger partial charge in [-0.3, -0.25) is 14.4 Å². The van der Waals surface area contributed by atoms with Crippen LogP contribution in [0.2, 0.25) is 0 Å². The lowest BCUT2D eigenvalue weighted by molar-refractivity contribution is 0.0344. The SMILES string of the molecule is Cc1ccc(S(=O)(=O)Nc2cccc3c2O[C@@H](CN(C)Cc2ccccc2)[C@H](C)CN([C@H](C)CO)C3=O)cc1. The number of hydrogen-bond donors (Lipinski definition) is 2. The van der Waals surface area contributed by atoms with Crippen LogP contribution in [-0.2, 0) is 16.6 Å². The highest BCUT2D eigenvalue weighted by atomic mass is 32.2. The molecular weight excluding hydrogens is 514 g/mol. The van der Waals surface area contributed by atoms with Gasteiger partial charge in [0.15, 0.2) is 5.75 Å². The van der Waals surface area contributed by atoms with E-state index in [1.165, 1.54) is 0 Å². The lowest BCUT2D eigenvalue weighted by atomic mass is 9.99. The minimum absolute atomic E-state index is 0.101. The van der Waals surface area contributed by atoms with E-state index in [-0.39, 0.29) is 46.4 Å². The Kier molecular flexibility index (Phi) is 8.94. The summed E-state index contributed by atoms with van der Waals surface area (Å²) in [5.74, 6) is -0.222. The van der Waals surface area contributed by atoms with E-state index in [0.717, 1.165) is 11.1 Å². The number of anilines is 1. The Balaban J connectivity index is 1.71. The zero-order valence-corrected chi connectivity index (χ0v) is 23.7. The van der Waals surface area contributed by atoms with Gasteiger partial charge in [0.1, 0.15) is 6.10 Å². The van der Waals surface area contributed by atoms with Gasteiger partial charge in [0.05, 0.1) is 28.8 Å². The van der Waals surface area contributed by atoms with Gasteiger partial charge in [0.2, 0.25) is 0 Å². The number of carbonyl (C=O) groups excluding carboxylic acids is 1. The van der Waals surface area contributed by atoms with Crippen LogP contribution in [0.1, 0.15) is 35.3 Å². The first-order chi connectivity index (χ1) is 18.6. The van der Waals surface area contributed by atoms with Crippen molar-refractivity contribution < 1.29 is 23.1 Å². The summed E-state index contributed by atoms with van der Waals surface area (Å²) in [5.41, 5.74) is 2.56. The molecule has 0 saturated heterocycles. The minimum Gasteiger partial charge on any atom is -0.486 e. The highest BCUT2D eigenvalue weighted by Crippen LogP contribution is 2.36. The second kappa shape index (κ2) is 12.2. The molecule has 1 amide bonds. The van der Waals surface area contributed by atoms with Crippen molar-refractivity contribution in [3.63, 3.8) is 0 Å². The van der Waals surface area contributed by atoms with E-state index in [1.54, 1.807) is 54.3 Å². The monoisotopic (exact) mass is 551 g/mol. The highest BCUT2D eigenvalue weighted by molar-refractivity contribution is 7.92. The van der Waals surface area contributed by atoms with Gasteiger partial charge in [-0.05, 0) is 50.7 Å². The van der Waals surface area contributed by atoms with Crippen LogP contribution >= 0.6 is 0 Å². The van der Waals surface area contributed by atoms with Gasteiger partial charge in [0.25, 0.3) is 15.9 Å². The van der Waals surface area contributed by atoms with E-state index in [1.807, 2.05) is 39.1 Å². The van der Waals surface area contributed by atoms with Crippen LogP contribution in [0.25, 0.3) is 0 Å². The maximum atomic E-state index is 13.7. The van der Waals surface area contributed by atoms with E-state index >= 15 is 0 Å². The standard InChI is InChI=1S/C30H37N3O5S/c1-21-13-15-25(16-14-21)39(36,37)31-27-12-8-11-26-29(27)38-28(19-32(4)18-24-9-6-5-7-10-24)22(2)17-33(30(26)35)23(3)20-34/h5-16,22-23,28,31,34H,17-20H2,1-4H3/t22-,23-,28+/m1/s1. The normalized spacial score (nSPS) is 18.6. The number of ether oxygens (including phenoxy) is 1. The number of likely N-dealkylation sites (N-methyl/N-ethyl adjacent to an activating group) is 1. The number of sulfonamides is 1. The Bertz CT molecular complexity index is 1380. The summed E-state index contributed by atoms with van der Waals surface area (Å²) < 4.78 is 35.7. The van der Waals surface area contributed by atoms with Crippen molar-refractivity contribution in [2.45, 2.75) is 44.4 Å². The number of nitrogens with zero attached hydrogens (tertiary/aromatic N) is 2. The molecule has 8 nitrogen and oxygen atoms in total. The van der Waals surface area contributed by atoms with Crippen molar-refractivity contribution in [2.75, 3.05) is 31.5 Å². The predicted molar refractivity (Wildman–Crippen MR) is 152 cm³/mol. The first kappa shape index (κ1) is 28.6. The Morgan fingerprint density at radius 2 is 1.77 bits per heavy atom. The second-order valence-corrected chi connectivity index (χ2v) is 12.1. The van der Waals surface area contributed by atoms with Crippen molar-refractivity contribution >= 4 is 21.6 Å². The first-order valence-corrected chi connectivity index (χ1v) is 14.6. The van der Waals surface area contributed by atoms with Crippen molar-refractivity contribution in [1.29, 1.82) is 0 Å². The number of nitrogens with one attached hydrogen (secondary N) is 1. The van der Waals surface area contributed by atoms with E-state index < -0.39 is 16.1 Å². The van der Waals surface area contributed by atoms with Gasteiger partial charge in [0, 0.05) is 25.6 Å². The summed E-state index contributed by atoms with van der Waals surface area (Å²) in [5, 5.41) is 9.90. The number of rotatable bonds is 9. The van der Waals surface area contributed by atoms with Gasteiger partial charge < -0.3 is 14.7 Å². The van der Waals surface area contributed by atoms with Gasteiger partial charge >= 0.3 is 0 Å². The number of benzene rings is 3. The Labute approximate surface area is 231 Å². The second-order valence-electron chi connectivity index (χ2n) is 10.4. The van der Waals surface area contributed by atoms with E-state index in [4.69, 9.17) is 4.74 Å². The maximum absolute atomic E-state index is 13.7. The number of amides is 1. The van der Waals surface area contributed by atoms with Gasteiger partial charge in [-0.1, -0.05) is 61.0 Å². The van der Waals surface area contributed by atoms with Gasteiger partial charge in [-0.15, -0.1) is 0 Å². The molecule has 2 N–H and O–H groups in total. The molecule has 4 rings (SSSR count). The van der Waals surface area contributed by atoms with Crippen molar-refractivity contribution in [3.8, 4) is 5.75 Å². The summed E-state index contributed by atoms with van der Waals surface area (Å²) in [7, 11) is -1.93. The van der Waals surface area contributed by atoms with E-state index in [2.05, 4.69) is 21.8 Å². The Morgan fingerprint density at radius 3 is 2.44 bits per heavy atom. The first-order valence-electron chi connectivity index (χ1n) is 13.1. The number of aliphatic hydroxyl groups is 1. The predicted octanol–water partition coefficient (Wildman–Crippen LogP) is 4.15. The molecule has 3 aromatic carbocycles. The fourth-order valence-electron chi connectivity index (χ4n) is 4.73. The zero-order valence-electron chi connectivity index (χ0n) is 22.9. The van der Waals surface area contributed by atoms with E-state index in [0.29, 0.717) is 19.6 Å². The third-order valence-electron chi connectivity index (χ3n) is 7.05. The molecule has 0 radical (unpaired) electrons. The lowest BCUT2D eigenvalue weighted by Crippen LogP contribution is -2.49. The highest BCUT2D eigenvalue weighted by Gasteiger charge is 2.35. The summed E-state index contributed by atoms with van der Waals surface area (Å²) in [6.45, 7) is 7.15. The molecule has 0 saturated carbocycles. The Hall–Kier alpha value is -3.40. The maximum Gasteiger partial charge on any atom is 0.262 e. The van der Waals surface area contributed by atoms with Gasteiger partial charge in [-0.2, -0.15) is 0 Å². The smallest absolute Gasteiger partial charge is 0.262 e. The average molecular weight is 552 g/mol. The molecule has 0 unspecified atom stereocenters. The quantitative estimate of drug-likeness (QED) is 0.415. The van der Waals surface area contributed by atoms with Crippen LogP contribution in [-0.4, -0.2) is 68.1 Å². The molecule has 0 aliphatic carbocycles. The molecule has 0 fully saturated rings. The molecular formula is C30H37N3O5S. The van der Waals surface area contributed by atoms with Crippen molar-refractivity contribution in [3.05, 3.63) is 89.5 Å². The molecule has 3 atom stereocenters. The summed E-state index contributed by atoms with van der Waals surface area (Å²) in [6.07, 6.45) is -0.357. The summed E-state index contributed by atoms with van der Waals surface area (Å²) in [4.78, 5) is 17.6. The number of hydrogen-bond acceptors (Lipinski definition) is 6. The van der Waals surface area contributed by atoms with E-state index in [9.17, 15) is 18.3 Å². The van der Waals surface area contributed by atoms with Crippen LogP contribution in [0.15, 0.2) is 77.7 Å². The van der Waals surface area contributed by atoms with Crippen LogP contribution in [0.3, 0.4) is 0 Å². The molecule has 1 aliphatic heterocycles. The van der Waals surface area contributed by atoms with Gasteiger partial charge in [-0.25, -0.2) is 8.42 Å². The molecule has 0 spiro atoms. The number of fused-ring (bicyclic) bond motifs is 1. The summed E-state index contributed by atoms with van der Waals surface area (Å²) >= 11 is 0. The molecule has 39 heavy (non-hydrogen) atoms. The van der Waals surface area contributed by atoms with Crippen LogP contribution < -0.4 is 9.46 Å². The molecule has 3 aromatic rings. The Morgan fingerprint density at radius 1 is 1.08 bits per heavy atom. The molecule has 208 valence electrons. The largest absolute Gasteiger partial charge is 0.486 e. The number of para-hydroxylation sites is 1. The average Bonchev–Trinajstić information content (AvgIpc) is 2.91. The molecule has 1 aliphatic rings. The topological polar surface area (TPSA) is 99.2 Å². The third kappa shape index (κ3) is 6.79. The minimum atomic E-state index is -3.94. The molecule has 1 heterocycles. The molecule has 9 heteroatoms. The number of aryl methyl sites for hydroxylation is 1. The number of carbonyl (C=O) groups is 1.